The monoisotopic (exact) mass is 644 g/mol. The smallest absolute Gasteiger partial charge is 0.310 e. The van der Waals surface area contributed by atoms with E-state index in [1.807, 2.05) is 19.9 Å². The number of hydrogen-bond acceptors (Lipinski definition) is 12. The first-order valence-corrected chi connectivity index (χ1v) is 16.3. The van der Waals surface area contributed by atoms with Crippen molar-refractivity contribution < 1.29 is 57.5 Å². The molecule has 4 aliphatic carbocycles. The van der Waals surface area contributed by atoms with Crippen molar-refractivity contribution in [1.82, 2.24) is 0 Å². The van der Waals surface area contributed by atoms with Crippen LogP contribution in [0.3, 0.4) is 0 Å². The van der Waals surface area contributed by atoms with Gasteiger partial charge in [-0.1, -0.05) is 27.7 Å². The van der Waals surface area contributed by atoms with Crippen LogP contribution < -0.4 is 0 Å². The lowest BCUT2D eigenvalue weighted by Crippen LogP contribution is -2.82. The standard InChI is InChI=1S/C34H44O12/c1-15(2)28(40)45-29-30(5)20-11-21(37)32(7)26(33(20,14-42-29)22(38)12-23(30)43-16(3)35)25(39)27(44-17(4)36)31(6)19(18-8-9-41-13-18)10-24-34(31,32)46-24/h8-9,13,15,19-24,26-27,29,37-38H,10-12,14H2,1-7H3/t19-,20-,21+,22-,23+,24+,26-,27-,29-,30+,31+,32+,33+,34+/m0/s1. The van der Waals surface area contributed by atoms with Gasteiger partial charge in [-0.15, -0.1) is 0 Å². The van der Waals surface area contributed by atoms with Gasteiger partial charge in [0.25, 0.3) is 0 Å². The molecule has 4 saturated carbocycles. The Hall–Kier alpha value is -2.80. The molecule has 12 nitrogen and oxygen atoms in total. The Morgan fingerprint density at radius 2 is 1.65 bits per heavy atom. The minimum Gasteiger partial charge on any atom is -0.472 e. The van der Waals surface area contributed by atoms with E-state index in [1.165, 1.54) is 13.8 Å². The topological polar surface area (TPSA) is 171 Å². The molecule has 2 bridgehead atoms. The van der Waals surface area contributed by atoms with E-state index in [0.29, 0.717) is 6.42 Å². The number of fused-ring (bicyclic) bond motifs is 1. The molecule has 14 atom stereocenters. The number of Topliss-reactive ketones (excluding diaryl/α,β-unsaturated/α-hetero) is 1. The highest BCUT2D eigenvalue weighted by Gasteiger charge is 2.92. The Balaban J connectivity index is 1.41. The first kappa shape index (κ1) is 31.8. The van der Waals surface area contributed by atoms with Crippen molar-refractivity contribution in [2.45, 2.75) is 116 Å². The predicted molar refractivity (Wildman–Crippen MR) is 155 cm³/mol. The van der Waals surface area contributed by atoms with Crippen molar-refractivity contribution in [3.05, 3.63) is 24.2 Å². The fraction of sp³-hybridized carbons (Fsp3) is 0.765. The SMILES string of the molecule is CC(=O)O[C@@H]1C[C@H](O)[C@@]23CO[C@@H](OC(=O)C(C)C)[C@]1(C)[C@@H]2C[C@@H](O)[C@]1(C)[C@@H]3C(=O)[C@H](OC(C)=O)[C@@]2(C)[C@H](c3ccoc3)C[C@H]3O[C@]321. The Morgan fingerprint density at radius 1 is 0.957 bits per heavy atom. The number of carbonyl (C=O) groups is 4. The van der Waals surface area contributed by atoms with E-state index in [-0.39, 0.29) is 31.5 Å². The average molecular weight is 645 g/mol. The van der Waals surface area contributed by atoms with Crippen molar-refractivity contribution in [3.63, 3.8) is 0 Å². The molecule has 0 amide bonds. The fourth-order valence-corrected chi connectivity index (χ4v) is 11.4. The number of ether oxygens (including phenoxy) is 5. The number of rotatable bonds is 5. The molecule has 0 radical (unpaired) electrons. The molecule has 0 unspecified atom stereocenters. The number of furan rings is 1. The van der Waals surface area contributed by atoms with Gasteiger partial charge in [0.1, 0.15) is 11.7 Å². The van der Waals surface area contributed by atoms with Crippen molar-refractivity contribution in [2.75, 3.05) is 6.61 Å². The maximum Gasteiger partial charge on any atom is 0.310 e. The summed E-state index contributed by atoms with van der Waals surface area (Å²) < 4.78 is 36.1. The summed E-state index contributed by atoms with van der Waals surface area (Å²) in [5, 5.41) is 24.7. The van der Waals surface area contributed by atoms with Crippen LogP contribution in [0.15, 0.2) is 23.0 Å². The maximum absolute atomic E-state index is 15.3. The minimum atomic E-state index is -1.32. The number of epoxide rings is 1. The zero-order valence-electron chi connectivity index (χ0n) is 27.3. The second-order valence-electron chi connectivity index (χ2n) is 15.4. The Morgan fingerprint density at radius 3 is 2.26 bits per heavy atom. The van der Waals surface area contributed by atoms with Crippen LogP contribution >= 0.6 is 0 Å². The van der Waals surface area contributed by atoms with E-state index in [9.17, 15) is 24.6 Å². The average Bonchev–Trinajstić information content (AvgIpc) is 3.33. The van der Waals surface area contributed by atoms with Gasteiger partial charge in [-0.3, -0.25) is 19.2 Å². The molecule has 12 heteroatoms. The van der Waals surface area contributed by atoms with E-state index in [0.717, 1.165) is 5.56 Å². The van der Waals surface area contributed by atoms with E-state index in [4.69, 9.17) is 28.1 Å². The Kier molecular flexibility index (Phi) is 6.82. The number of hydrogen-bond donors (Lipinski definition) is 2. The van der Waals surface area contributed by atoms with Gasteiger partial charge in [0.05, 0.1) is 54.2 Å². The second-order valence-corrected chi connectivity index (χ2v) is 15.4. The van der Waals surface area contributed by atoms with Crippen molar-refractivity contribution in [3.8, 4) is 0 Å². The van der Waals surface area contributed by atoms with Gasteiger partial charge in [0.15, 0.2) is 11.9 Å². The minimum absolute atomic E-state index is 0.0495. The Bertz CT molecular complexity index is 1470. The summed E-state index contributed by atoms with van der Waals surface area (Å²) in [5.74, 6) is -4.71. The highest BCUT2D eigenvalue weighted by Crippen LogP contribution is 2.83. The molecule has 1 spiro atoms. The van der Waals surface area contributed by atoms with Crippen LogP contribution in [0.5, 0.6) is 0 Å². The van der Waals surface area contributed by atoms with Crippen LogP contribution in [0.2, 0.25) is 0 Å². The quantitative estimate of drug-likeness (QED) is 0.273. The third kappa shape index (κ3) is 3.54. The van der Waals surface area contributed by atoms with Crippen molar-refractivity contribution in [1.29, 1.82) is 0 Å². The van der Waals surface area contributed by atoms with Gasteiger partial charge in [0, 0.05) is 42.9 Å². The van der Waals surface area contributed by atoms with Gasteiger partial charge >= 0.3 is 17.9 Å². The zero-order chi connectivity index (χ0) is 33.4. The number of esters is 3. The molecule has 7 rings (SSSR count). The molecule has 6 fully saturated rings. The molecular weight excluding hydrogens is 600 g/mol. The molecular formula is C34H44O12. The van der Waals surface area contributed by atoms with Gasteiger partial charge in [-0.25, -0.2) is 0 Å². The molecule has 46 heavy (non-hydrogen) atoms. The predicted octanol–water partition coefficient (Wildman–Crippen LogP) is 2.67. The summed E-state index contributed by atoms with van der Waals surface area (Å²) in [7, 11) is 0. The Labute approximate surface area is 267 Å². The normalized spacial score (nSPS) is 50.0. The fourth-order valence-electron chi connectivity index (χ4n) is 11.4. The third-order valence-corrected chi connectivity index (χ3v) is 13.3. The molecule has 6 aliphatic rings. The summed E-state index contributed by atoms with van der Waals surface area (Å²) in [5.41, 5.74) is -5.13. The molecule has 2 saturated heterocycles. The highest BCUT2D eigenvalue weighted by atomic mass is 16.7. The molecule has 1 aromatic heterocycles. The molecule has 252 valence electrons. The van der Waals surface area contributed by atoms with Crippen LogP contribution in [0.4, 0.5) is 0 Å². The molecule has 2 N–H and O–H groups in total. The van der Waals surface area contributed by atoms with Gasteiger partial charge in [0.2, 0.25) is 6.29 Å². The summed E-state index contributed by atoms with van der Waals surface area (Å²) in [4.78, 5) is 53.3. The number of aliphatic hydroxyl groups is 2. The number of carbonyl (C=O) groups excluding carboxylic acids is 4. The summed E-state index contributed by atoms with van der Waals surface area (Å²) >= 11 is 0. The maximum atomic E-state index is 15.3. The van der Waals surface area contributed by atoms with Gasteiger partial charge < -0.3 is 38.3 Å². The summed E-state index contributed by atoms with van der Waals surface area (Å²) in [6, 6.07) is 1.84. The molecule has 2 aliphatic heterocycles. The molecule has 0 aromatic carbocycles. The van der Waals surface area contributed by atoms with E-state index in [1.54, 1.807) is 33.3 Å². The largest absolute Gasteiger partial charge is 0.472 e. The van der Waals surface area contributed by atoms with Crippen LogP contribution in [0.1, 0.15) is 79.2 Å². The highest BCUT2D eigenvalue weighted by molar-refractivity contribution is 5.93. The zero-order valence-corrected chi connectivity index (χ0v) is 27.3. The molecule has 3 heterocycles. The first-order valence-electron chi connectivity index (χ1n) is 16.3. The first-order chi connectivity index (χ1) is 21.5. The number of ketones is 1. The third-order valence-electron chi connectivity index (χ3n) is 13.3. The lowest BCUT2D eigenvalue weighted by atomic mass is 9.33. The van der Waals surface area contributed by atoms with Crippen LogP contribution in [0.25, 0.3) is 0 Å². The van der Waals surface area contributed by atoms with Crippen LogP contribution in [-0.2, 0) is 42.9 Å². The van der Waals surface area contributed by atoms with Crippen LogP contribution in [-0.4, -0.2) is 82.9 Å². The second kappa shape index (κ2) is 9.87. The lowest BCUT2D eigenvalue weighted by Gasteiger charge is -2.73. The van der Waals surface area contributed by atoms with E-state index in [2.05, 4.69) is 0 Å². The van der Waals surface area contributed by atoms with Crippen molar-refractivity contribution in [2.24, 2.45) is 39.4 Å². The molecule has 1 aromatic rings. The number of aliphatic hydroxyl groups excluding tert-OH is 2. The summed E-state index contributed by atoms with van der Waals surface area (Å²) in [6.07, 6.45) is -2.36. The van der Waals surface area contributed by atoms with Gasteiger partial charge in [-0.05, 0) is 37.3 Å². The van der Waals surface area contributed by atoms with E-state index >= 15 is 4.79 Å². The van der Waals surface area contributed by atoms with Crippen LogP contribution in [0, 0.1) is 39.4 Å². The van der Waals surface area contributed by atoms with Crippen molar-refractivity contribution >= 4 is 23.7 Å². The summed E-state index contributed by atoms with van der Waals surface area (Å²) in [6.45, 7) is 11.3. The van der Waals surface area contributed by atoms with Gasteiger partial charge in [-0.2, -0.15) is 0 Å². The van der Waals surface area contributed by atoms with E-state index < -0.39 is 99.4 Å². The lowest BCUT2D eigenvalue weighted by molar-refractivity contribution is -0.374.